The lowest BCUT2D eigenvalue weighted by molar-refractivity contribution is -0.113. The summed E-state index contributed by atoms with van der Waals surface area (Å²) >= 11 is 8.40. The van der Waals surface area contributed by atoms with Gasteiger partial charge < -0.3 is 9.88 Å². The summed E-state index contributed by atoms with van der Waals surface area (Å²) < 4.78 is 3.86. The van der Waals surface area contributed by atoms with Crippen molar-refractivity contribution in [1.29, 1.82) is 0 Å². The maximum absolute atomic E-state index is 12.2. The van der Waals surface area contributed by atoms with E-state index in [9.17, 15) is 4.79 Å². The molecule has 1 aromatic heterocycles. The Morgan fingerprint density at radius 3 is 2.57 bits per heavy atom. The molecule has 23 heavy (non-hydrogen) atoms. The number of hydrogen-bond acceptors (Lipinski definition) is 4. The molecule has 1 fully saturated rings. The van der Waals surface area contributed by atoms with Gasteiger partial charge in [0.2, 0.25) is 5.91 Å². The molecule has 0 radical (unpaired) electrons. The third kappa shape index (κ3) is 3.97. The number of nitrogens with one attached hydrogen (secondary N) is 1. The van der Waals surface area contributed by atoms with E-state index >= 15 is 0 Å². The molecule has 1 N–H and O–H groups in total. The summed E-state index contributed by atoms with van der Waals surface area (Å²) in [5.74, 6) is 1.15. The fraction of sp³-hybridized carbons (Fsp3) is 0.400. The van der Waals surface area contributed by atoms with Crippen molar-refractivity contribution < 1.29 is 4.79 Å². The van der Waals surface area contributed by atoms with Crippen LogP contribution in [0.25, 0.3) is 0 Å². The summed E-state index contributed by atoms with van der Waals surface area (Å²) in [6, 6.07) is 4.46. The van der Waals surface area contributed by atoms with Crippen molar-refractivity contribution in [2.24, 2.45) is 0 Å². The van der Waals surface area contributed by atoms with E-state index in [0.29, 0.717) is 11.8 Å². The molecule has 0 bridgehead atoms. The standard InChI is InChI=1S/C15H16Br2N4OS/c1-8-5-11(16)14(12(17)6-8)18-13(22)7-23-15-20-19-9(2)21(15)10-3-4-10/h5-6,10H,3-4,7H2,1-2H3,(H,18,22). The minimum absolute atomic E-state index is 0.0664. The molecule has 0 spiro atoms. The minimum Gasteiger partial charge on any atom is -0.323 e. The van der Waals surface area contributed by atoms with Crippen molar-refractivity contribution in [3.05, 3.63) is 32.5 Å². The van der Waals surface area contributed by atoms with Gasteiger partial charge >= 0.3 is 0 Å². The Labute approximate surface area is 155 Å². The lowest BCUT2D eigenvalue weighted by atomic mass is 10.2. The molecule has 1 amide bonds. The number of halogens is 2. The fourth-order valence-corrected chi connectivity index (χ4v) is 4.79. The maximum Gasteiger partial charge on any atom is 0.234 e. The first kappa shape index (κ1) is 17.0. The molecule has 1 aliphatic rings. The number of anilines is 1. The Morgan fingerprint density at radius 2 is 1.96 bits per heavy atom. The molecule has 1 saturated carbocycles. The first-order valence-electron chi connectivity index (χ1n) is 7.25. The molecule has 0 saturated heterocycles. The SMILES string of the molecule is Cc1cc(Br)c(NC(=O)CSc2nnc(C)n2C2CC2)c(Br)c1. The van der Waals surface area contributed by atoms with Crippen LogP contribution < -0.4 is 5.32 Å². The Kier molecular flexibility index (Phi) is 5.13. The van der Waals surface area contributed by atoms with Crippen LogP contribution >= 0.6 is 43.6 Å². The predicted octanol–water partition coefficient (Wildman–Crippen LogP) is 4.49. The van der Waals surface area contributed by atoms with Crippen LogP contribution in [0.3, 0.4) is 0 Å². The first-order chi connectivity index (χ1) is 11.0. The highest BCUT2D eigenvalue weighted by molar-refractivity contribution is 9.11. The lowest BCUT2D eigenvalue weighted by Gasteiger charge is -2.11. The number of carbonyl (C=O) groups is 1. The Balaban J connectivity index is 1.65. The van der Waals surface area contributed by atoms with E-state index in [4.69, 9.17) is 0 Å². The number of nitrogens with zero attached hydrogens (tertiary/aromatic N) is 3. The van der Waals surface area contributed by atoms with Gasteiger partial charge in [-0.3, -0.25) is 4.79 Å². The van der Waals surface area contributed by atoms with Crippen molar-refractivity contribution in [3.63, 3.8) is 0 Å². The van der Waals surface area contributed by atoms with Crippen molar-refractivity contribution in [2.45, 2.75) is 37.9 Å². The second-order valence-electron chi connectivity index (χ2n) is 5.57. The largest absolute Gasteiger partial charge is 0.323 e. The number of aromatic nitrogens is 3. The number of benzene rings is 1. The third-order valence-electron chi connectivity index (χ3n) is 3.53. The molecule has 1 aromatic carbocycles. The van der Waals surface area contributed by atoms with Gasteiger partial charge in [0.25, 0.3) is 0 Å². The molecule has 0 aliphatic heterocycles. The summed E-state index contributed by atoms with van der Waals surface area (Å²) in [5.41, 5.74) is 1.87. The molecule has 122 valence electrons. The van der Waals surface area contributed by atoms with E-state index in [0.717, 1.165) is 31.2 Å². The Bertz CT molecular complexity index is 735. The van der Waals surface area contributed by atoms with Crippen molar-refractivity contribution in [2.75, 3.05) is 11.1 Å². The smallest absolute Gasteiger partial charge is 0.234 e. The van der Waals surface area contributed by atoms with Gasteiger partial charge in [-0.1, -0.05) is 11.8 Å². The molecule has 0 atom stereocenters. The second-order valence-corrected chi connectivity index (χ2v) is 8.22. The Morgan fingerprint density at radius 1 is 1.30 bits per heavy atom. The highest BCUT2D eigenvalue weighted by Gasteiger charge is 2.28. The van der Waals surface area contributed by atoms with Gasteiger partial charge in [0.05, 0.1) is 11.4 Å². The van der Waals surface area contributed by atoms with Gasteiger partial charge in [0, 0.05) is 15.0 Å². The summed E-state index contributed by atoms with van der Waals surface area (Å²) in [6.45, 7) is 3.96. The third-order valence-corrected chi connectivity index (χ3v) is 5.72. The zero-order valence-electron chi connectivity index (χ0n) is 12.8. The molecule has 1 heterocycles. The number of amides is 1. The Hall–Kier alpha value is -0.860. The number of thioether (sulfide) groups is 1. The van der Waals surface area contributed by atoms with Crippen molar-refractivity contribution in [3.8, 4) is 0 Å². The van der Waals surface area contributed by atoms with Crippen LogP contribution in [-0.2, 0) is 4.79 Å². The van der Waals surface area contributed by atoms with Gasteiger partial charge in [0.15, 0.2) is 5.16 Å². The molecular weight excluding hydrogens is 444 g/mol. The summed E-state index contributed by atoms with van der Waals surface area (Å²) in [5, 5.41) is 12.1. The quantitative estimate of drug-likeness (QED) is 0.669. The highest BCUT2D eigenvalue weighted by atomic mass is 79.9. The van der Waals surface area contributed by atoms with E-state index in [-0.39, 0.29) is 5.91 Å². The molecule has 2 aromatic rings. The summed E-state index contributed by atoms with van der Waals surface area (Å²) in [7, 11) is 0. The van der Waals surface area contributed by atoms with Gasteiger partial charge in [-0.15, -0.1) is 10.2 Å². The average molecular weight is 460 g/mol. The van der Waals surface area contributed by atoms with E-state index in [1.807, 2.05) is 26.0 Å². The van der Waals surface area contributed by atoms with Crippen molar-refractivity contribution in [1.82, 2.24) is 14.8 Å². The summed E-state index contributed by atoms with van der Waals surface area (Å²) in [6.07, 6.45) is 2.34. The molecule has 3 rings (SSSR count). The molecule has 5 nitrogen and oxygen atoms in total. The molecule has 1 aliphatic carbocycles. The minimum atomic E-state index is -0.0664. The van der Waals surface area contributed by atoms with Gasteiger partial charge in [0.1, 0.15) is 5.82 Å². The van der Waals surface area contributed by atoms with Gasteiger partial charge in [-0.05, 0) is 76.2 Å². The van der Waals surface area contributed by atoms with Crippen LogP contribution in [0.15, 0.2) is 26.2 Å². The average Bonchev–Trinajstić information content (AvgIpc) is 3.24. The van der Waals surface area contributed by atoms with E-state index in [1.54, 1.807) is 0 Å². The number of hydrogen-bond donors (Lipinski definition) is 1. The molecule has 8 heteroatoms. The zero-order valence-corrected chi connectivity index (χ0v) is 16.8. The zero-order chi connectivity index (χ0) is 16.6. The first-order valence-corrected chi connectivity index (χ1v) is 9.82. The van der Waals surface area contributed by atoms with Crippen LogP contribution in [0.1, 0.15) is 30.3 Å². The van der Waals surface area contributed by atoms with Gasteiger partial charge in [-0.2, -0.15) is 0 Å². The molecular formula is C15H16Br2N4OS. The second kappa shape index (κ2) is 6.94. The number of aryl methyl sites for hydroxylation is 2. The normalized spacial score (nSPS) is 14.1. The van der Waals surface area contributed by atoms with Crippen molar-refractivity contribution >= 4 is 55.2 Å². The van der Waals surface area contributed by atoms with E-state index in [2.05, 4.69) is 51.9 Å². The monoisotopic (exact) mass is 458 g/mol. The topological polar surface area (TPSA) is 59.8 Å². The van der Waals surface area contributed by atoms with E-state index in [1.165, 1.54) is 24.6 Å². The van der Waals surface area contributed by atoms with Crippen LogP contribution in [0.4, 0.5) is 5.69 Å². The van der Waals surface area contributed by atoms with Crippen LogP contribution in [0.5, 0.6) is 0 Å². The van der Waals surface area contributed by atoms with Crippen LogP contribution in [-0.4, -0.2) is 26.4 Å². The van der Waals surface area contributed by atoms with E-state index < -0.39 is 0 Å². The maximum atomic E-state index is 12.2. The van der Waals surface area contributed by atoms with Crippen LogP contribution in [0.2, 0.25) is 0 Å². The fourth-order valence-electron chi connectivity index (χ4n) is 2.33. The summed E-state index contributed by atoms with van der Waals surface area (Å²) in [4.78, 5) is 12.2. The number of carbonyl (C=O) groups excluding carboxylic acids is 1. The highest BCUT2D eigenvalue weighted by Crippen LogP contribution is 2.38. The number of rotatable bonds is 5. The lowest BCUT2D eigenvalue weighted by Crippen LogP contribution is -2.15. The van der Waals surface area contributed by atoms with Gasteiger partial charge in [-0.25, -0.2) is 0 Å². The molecule has 0 unspecified atom stereocenters. The van der Waals surface area contributed by atoms with Crippen LogP contribution in [0, 0.1) is 13.8 Å². The predicted molar refractivity (Wildman–Crippen MR) is 99.0 cm³/mol.